The minimum atomic E-state index is 0.471. The molecule has 1 N–H and O–H groups in total. The monoisotopic (exact) mass is 246 g/mol. The zero-order valence-corrected chi connectivity index (χ0v) is 11.9. The van der Waals surface area contributed by atoms with E-state index in [2.05, 4.69) is 43.3 Å². The van der Waals surface area contributed by atoms with Crippen LogP contribution in [0.2, 0.25) is 0 Å². The van der Waals surface area contributed by atoms with Crippen LogP contribution < -0.4 is 5.32 Å². The summed E-state index contributed by atoms with van der Waals surface area (Å²) in [6.45, 7) is 4.88. The maximum atomic E-state index is 4.10. The number of hydrogen-bond acceptors (Lipinski definition) is 2. The summed E-state index contributed by atoms with van der Waals surface area (Å²) in [5, 5.41) is 3.56. The van der Waals surface area contributed by atoms with Gasteiger partial charge in [-0.3, -0.25) is 4.98 Å². The second kappa shape index (κ2) is 5.83. The van der Waals surface area contributed by atoms with E-state index < -0.39 is 0 Å². The van der Waals surface area contributed by atoms with Crippen LogP contribution in [0.1, 0.15) is 45.1 Å². The summed E-state index contributed by atoms with van der Waals surface area (Å²) in [5.74, 6) is 0.782. The molecule has 1 heterocycles. The van der Waals surface area contributed by atoms with E-state index in [1.54, 1.807) is 0 Å². The maximum Gasteiger partial charge on any atom is 0.0270 e. The van der Waals surface area contributed by atoms with Gasteiger partial charge in [-0.15, -0.1) is 0 Å². The van der Waals surface area contributed by atoms with E-state index in [1.807, 2.05) is 12.4 Å². The van der Waals surface area contributed by atoms with Crippen LogP contribution in [0.4, 0.5) is 0 Å². The molecule has 18 heavy (non-hydrogen) atoms. The molecule has 2 heteroatoms. The Hall–Kier alpha value is -0.890. The Balaban J connectivity index is 2.08. The quantitative estimate of drug-likeness (QED) is 0.880. The van der Waals surface area contributed by atoms with Crippen molar-refractivity contribution in [1.82, 2.24) is 10.3 Å². The third-order valence-electron chi connectivity index (χ3n) is 4.65. The predicted octanol–water partition coefficient (Wildman–Crippen LogP) is 3.43. The van der Waals surface area contributed by atoms with E-state index in [9.17, 15) is 0 Å². The van der Waals surface area contributed by atoms with E-state index in [4.69, 9.17) is 0 Å². The SMILES string of the molecule is CNC(Cc1ccncc1)C1CCCCC1(C)C. The average molecular weight is 246 g/mol. The minimum absolute atomic E-state index is 0.471. The topological polar surface area (TPSA) is 24.9 Å². The van der Waals surface area contributed by atoms with Crippen molar-refractivity contribution in [3.63, 3.8) is 0 Å². The number of rotatable bonds is 4. The molecule has 1 aliphatic rings. The van der Waals surface area contributed by atoms with Gasteiger partial charge >= 0.3 is 0 Å². The van der Waals surface area contributed by atoms with Gasteiger partial charge in [-0.05, 0) is 55.3 Å². The van der Waals surface area contributed by atoms with Crippen molar-refractivity contribution in [2.75, 3.05) is 7.05 Å². The first kappa shape index (κ1) is 13.5. The van der Waals surface area contributed by atoms with Gasteiger partial charge in [0.1, 0.15) is 0 Å². The molecule has 2 rings (SSSR count). The zero-order chi connectivity index (χ0) is 13.0. The van der Waals surface area contributed by atoms with Gasteiger partial charge < -0.3 is 5.32 Å². The van der Waals surface area contributed by atoms with Crippen LogP contribution in [-0.4, -0.2) is 18.1 Å². The van der Waals surface area contributed by atoms with Crippen molar-refractivity contribution >= 4 is 0 Å². The van der Waals surface area contributed by atoms with Crippen LogP contribution in [0.3, 0.4) is 0 Å². The molecule has 2 nitrogen and oxygen atoms in total. The largest absolute Gasteiger partial charge is 0.316 e. The molecule has 1 fully saturated rings. The van der Waals surface area contributed by atoms with Crippen LogP contribution in [0.25, 0.3) is 0 Å². The highest BCUT2D eigenvalue weighted by molar-refractivity contribution is 5.12. The Kier molecular flexibility index (Phi) is 4.39. The fourth-order valence-corrected chi connectivity index (χ4v) is 3.49. The van der Waals surface area contributed by atoms with Crippen molar-refractivity contribution < 1.29 is 0 Å². The normalized spacial score (nSPS) is 24.7. The first-order valence-electron chi connectivity index (χ1n) is 7.19. The number of likely N-dealkylation sites (N-methyl/N-ethyl adjacent to an activating group) is 1. The van der Waals surface area contributed by atoms with Crippen molar-refractivity contribution in [3.8, 4) is 0 Å². The Morgan fingerprint density at radius 2 is 2.06 bits per heavy atom. The molecule has 0 amide bonds. The molecule has 0 radical (unpaired) electrons. The molecule has 100 valence electrons. The minimum Gasteiger partial charge on any atom is -0.316 e. The number of pyridine rings is 1. The third-order valence-corrected chi connectivity index (χ3v) is 4.65. The highest BCUT2D eigenvalue weighted by Gasteiger charge is 2.36. The first-order valence-corrected chi connectivity index (χ1v) is 7.19. The van der Waals surface area contributed by atoms with Crippen LogP contribution in [0.5, 0.6) is 0 Å². The lowest BCUT2D eigenvalue weighted by Gasteiger charge is -2.43. The second-order valence-electron chi connectivity index (χ2n) is 6.30. The number of nitrogens with one attached hydrogen (secondary N) is 1. The average Bonchev–Trinajstić information content (AvgIpc) is 2.37. The first-order chi connectivity index (χ1) is 8.63. The van der Waals surface area contributed by atoms with Crippen LogP contribution in [0.15, 0.2) is 24.5 Å². The summed E-state index contributed by atoms with van der Waals surface area (Å²) in [4.78, 5) is 4.10. The molecule has 2 atom stereocenters. The molecule has 1 aromatic heterocycles. The fourth-order valence-electron chi connectivity index (χ4n) is 3.49. The predicted molar refractivity (Wildman–Crippen MR) is 76.5 cm³/mol. The fraction of sp³-hybridized carbons (Fsp3) is 0.688. The standard InChI is InChI=1S/C16H26N2/c1-16(2)9-5-4-6-14(16)15(17-3)12-13-7-10-18-11-8-13/h7-8,10-11,14-15,17H,4-6,9,12H2,1-3H3. The van der Waals surface area contributed by atoms with Gasteiger partial charge in [0, 0.05) is 18.4 Å². The smallest absolute Gasteiger partial charge is 0.0270 e. The zero-order valence-electron chi connectivity index (χ0n) is 11.9. The Bertz CT molecular complexity index is 359. The summed E-state index contributed by atoms with van der Waals surface area (Å²) in [6.07, 6.45) is 10.4. The molecule has 0 aromatic carbocycles. The molecule has 1 aliphatic carbocycles. The maximum absolute atomic E-state index is 4.10. The van der Waals surface area contributed by atoms with Gasteiger partial charge in [0.2, 0.25) is 0 Å². The van der Waals surface area contributed by atoms with Crippen LogP contribution in [-0.2, 0) is 6.42 Å². The van der Waals surface area contributed by atoms with Crippen molar-refractivity contribution in [2.45, 2.75) is 52.0 Å². The Morgan fingerprint density at radius 3 is 2.67 bits per heavy atom. The molecule has 1 aromatic rings. The number of nitrogens with zero attached hydrogens (tertiary/aromatic N) is 1. The summed E-state index contributed by atoms with van der Waals surface area (Å²) >= 11 is 0. The van der Waals surface area contributed by atoms with Crippen LogP contribution >= 0.6 is 0 Å². The molecular formula is C16H26N2. The Labute approximate surface area is 111 Å². The van der Waals surface area contributed by atoms with E-state index in [0.29, 0.717) is 11.5 Å². The molecule has 2 unspecified atom stereocenters. The molecule has 0 saturated heterocycles. The summed E-state index contributed by atoms with van der Waals surface area (Å²) < 4.78 is 0. The lowest BCUT2D eigenvalue weighted by atomic mass is 9.65. The summed E-state index contributed by atoms with van der Waals surface area (Å²) in [5.41, 5.74) is 1.87. The van der Waals surface area contributed by atoms with E-state index in [-0.39, 0.29) is 0 Å². The molecule has 1 saturated carbocycles. The molecule has 0 spiro atoms. The lowest BCUT2D eigenvalue weighted by molar-refractivity contribution is 0.101. The highest BCUT2D eigenvalue weighted by atomic mass is 14.9. The molecular weight excluding hydrogens is 220 g/mol. The van der Waals surface area contributed by atoms with E-state index in [1.165, 1.54) is 31.2 Å². The van der Waals surface area contributed by atoms with E-state index >= 15 is 0 Å². The summed E-state index contributed by atoms with van der Waals surface area (Å²) in [7, 11) is 2.11. The Morgan fingerprint density at radius 1 is 1.33 bits per heavy atom. The van der Waals surface area contributed by atoms with Crippen molar-refractivity contribution in [2.24, 2.45) is 11.3 Å². The molecule has 0 bridgehead atoms. The van der Waals surface area contributed by atoms with Gasteiger partial charge in [0.15, 0.2) is 0 Å². The van der Waals surface area contributed by atoms with Gasteiger partial charge in [0.25, 0.3) is 0 Å². The van der Waals surface area contributed by atoms with Crippen molar-refractivity contribution in [1.29, 1.82) is 0 Å². The second-order valence-corrected chi connectivity index (χ2v) is 6.30. The van der Waals surface area contributed by atoms with Crippen LogP contribution in [0, 0.1) is 11.3 Å². The van der Waals surface area contributed by atoms with Gasteiger partial charge in [0.05, 0.1) is 0 Å². The number of hydrogen-bond donors (Lipinski definition) is 1. The van der Waals surface area contributed by atoms with Gasteiger partial charge in [-0.25, -0.2) is 0 Å². The van der Waals surface area contributed by atoms with Crippen molar-refractivity contribution in [3.05, 3.63) is 30.1 Å². The third kappa shape index (κ3) is 3.11. The van der Waals surface area contributed by atoms with E-state index in [0.717, 1.165) is 12.3 Å². The van der Waals surface area contributed by atoms with Gasteiger partial charge in [-0.2, -0.15) is 0 Å². The molecule has 0 aliphatic heterocycles. The highest BCUT2D eigenvalue weighted by Crippen LogP contribution is 2.42. The number of aromatic nitrogens is 1. The lowest BCUT2D eigenvalue weighted by Crippen LogP contribution is -2.44. The summed E-state index contributed by atoms with van der Waals surface area (Å²) in [6, 6.07) is 4.86. The van der Waals surface area contributed by atoms with Gasteiger partial charge in [-0.1, -0.05) is 26.7 Å².